The molecule has 1 fully saturated rings. The molecule has 84 valence electrons. The highest BCUT2D eigenvalue weighted by atomic mass is 32.1. The van der Waals surface area contributed by atoms with Crippen LogP contribution in [-0.2, 0) is 4.74 Å². The van der Waals surface area contributed by atoms with Crippen molar-refractivity contribution in [3.8, 4) is 0 Å². The van der Waals surface area contributed by atoms with Crippen LogP contribution in [0.2, 0.25) is 0 Å². The zero-order chi connectivity index (χ0) is 10.9. The van der Waals surface area contributed by atoms with E-state index in [1.54, 1.807) is 0 Å². The van der Waals surface area contributed by atoms with Gasteiger partial charge in [-0.15, -0.1) is 5.10 Å². The minimum atomic E-state index is -0.0340. The van der Waals surface area contributed by atoms with E-state index in [0.29, 0.717) is 10.00 Å². The average molecular weight is 245 g/mol. The normalized spacial score (nSPS) is 25.1. The zero-order valence-electron chi connectivity index (χ0n) is 8.87. The van der Waals surface area contributed by atoms with E-state index in [1.165, 1.54) is 11.3 Å². The Bertz CT molecular complexity index is 385. The summed E-state index contributed by atoms with van der Waals surface area (Å²) in [6.45, 7) is 5.04. The molecule has 0 bridgehead atoms. The number of nitrogens with one attached hydrogen (secondary N) is 2. The highest BCUT2D eigenvalue weighted by molar-refractivity contribution is 7.73. The van der Waals surface area contributed by atoms with Gasteiger partial charge in [0.05, 0.1) is 5.60 Å². The van der Waals surface area contributed by atoms with Gasteiger partial charge in [-0.3, -0.25) is 5.10 Å². The molecular formula is C9H15N3OS2. The van der Waals surface area contributed by atoms with Crippen LogP contribution in [0.1, 0.15) is 26.7 Å². The number of aromatic amines is 1. The molecule has 1 aliphatic heterocycles. The van der Waals surface area contributed by atoms with Crippen LogP contribution in [0.25, 0.3) is 0 Å². The third-order valence-electron chi connectivity index (χ3n) is 2.46. The number of H-pyrrole nitrogens is 1. The van der Waals surface area contributed by atoms with Crippen molar-refractivity contribution >= 4 is 28.7 Å². The monoisotopic (exact) mass is 245 g/mol. The smallest absolute Gasteiger partial charge is 0.204 e. The lowest BCUT2D eigenvalue weighted by Crippen LogP contribution is -2.40. The Morgan fingerprint density at radius 3 is 3.07 bits per heavy atom. The van der Waals surface area contributed by atoms with Crippen LogP contribution in [0.5, 0.6) is 0 Å². The standard InChI is InChI=1S/C9H15N3OS2/c1-9(2)5-6(3-4-13-9)10-7-11-12-8(14)15-7/h6H,3-5H2,1-2H3,(H,10,11)(H,12,14). The van der Waals surface area contributed by atoms with E-state index >= 15 is 0 Å². The zero-order valence-corrected chi connectivity index (χ0v) is 10.5. The molecule has 1 unspecified atom stereocenters. The summed E-state index contributed by atoms with van der Waals surface area (Å²) in [5.74, 6) is 0. The van der Waals surface area contributed by atoms with Gasteiger partial charge >= 0.3 is 0 Å². The van der Waals surface area contributed by atoms with E-state index in [0.717, 1.165) is 24.6 Å². The van der Waals surface area contributed by atoms with Crippen molar-refractivity contribution in [2.45, 2.75) is 38.3 Å². The fourth-order valence-electron chi connectivity index (χ4n) is 1.82. The Kier molecular flexibility index (Phi) is 3.08. The first-order valence-electron chi connectivity index (χ1n) is 5.01. The van der Waals surface area contributed by atoms with Gasteiger partial charge < -0.3 is 10.1 Å². The fourth-order valence-corrected chi connectivity index (χ4v) is 2.69. The summed E-state index contributed by atoms with van der Waals surface area (Å²) in [6.07, 6.45) is 2.02. The van der Waals surface area contributed by atoms with Gasteiger partial charge in [0.15, 0.2) is 3.95 Å². The summed E-state index contributed by atoms with van der Waals surface area (Å²) in [5.41, 5.74) is -0.0340. The van der Waals surface area contributed by atoms with E-state index < -0.39 is 0 Å². The molecule has 1 aromatic heterocycles. The molecule has 0 amide bonds. The second-order valence-electron chi connectivity index (χ2n) is 4.36. The van der Waals surface area contributed by atoms with E-state index in [2.05, 4.69) is 29.4 Å². The van der Waals surface area contributed by atoms with Gasteiger partial charge in [0.1, 0.15) is 0 Å². The lowest BCUT2D eigenvalue weighted by Gasteiger charge is -2.35. The molecule has 1 aliphatic rings. The lowest BCUT2D eigenvalue weighted by molar-refractivity contribution is -0.0553. The summed E-state index contributed by atoms with van der Waals surface area (Å²) in [6, 6.07) is 0.433. The fraction of sp³-hybridized carbons (Fsp3) is 0.778. The molecular weight excluding hydrogens is 230 g/mol. The Labute approximate surface area is 98.1 Å². The van der Waals surface area contributed by atoms with Gasteiger partial charge in [0.25, 0.3) is 0 Å². The van der Waals surface area contributed by atoms with Crippen molar-refractivity contribution in [1.29, 1.82) is 0 Å². The largest absolute Gasteiger partial charge is 0.375 e. The molecule has 0 aromatic carbocycles. The number of hydrogen-bond donors (Lipinski definition) is 2. The highest BCUT2D eigenvalue weighted by Crippen LogP contribution is 2.26. The topological polar surface area (TPSA) is 49.9 Å². The number of hydrogen-bond acceptors (Lipinski definition) is 5. The maximum atomic E-state index is 5.65. The molecule has 2 heterocycles. The number of ether oxygens (including phenoxy) is 1. The Morgan fingerprint density at radius 1 is 1.67 bits per heavy atom. The Morgan fingerprint density at radius 2 is 2.47 bits per heavy atom. The first kappa shape index (κ1) is 11.0. The van der Waals surface area contributed by atoms with Gasteiger partial charge in [-0.1, -0.05) is 11.3 Å². The first-order valence-corrected chi connectivity index (χ1v) is 6.24. The van der Waals surface area contributed by atoms with Crippen molar-refractivity contribution < 1.29 is 4.74 Å². The number of aromatic nitrogens is 2. The molecule has 0 radical (unpaired) electrons. The Balaban J connectivity index is 1.97. The van der Waals surface area contributed by atoms with Crippen LogP contribution in [0.15, 0.2) is 0 Å². The van der Waals surface area contributed by atoms with Crippen LogP contribution < -0.4 is 5.32 Å². The molecule has 0 saturated carbocycles. The third-order valence-corrected chi connectivity index (χ3v) is 3.48. The van der Waals surface area contributed by atoms with Crippen molar-refractivity contribution in [3.05, 3.63) is 3.95 Å². The molecule has 0 spiro atoms. The van der Waals surface area contributed by atoms with Crippen molar-refractivity contribution in [3.63, 3.8) is 0 Å². The van der Waals surface area contributed by atoms with Crippen LogP contribution in [-0.4, -0.2) is 28.4 Å². The quantitative estimate of drug-likeness (QED) is 0.786. The van der Waals surface area contributed by atoms with E-state index in [4.69, 9.17) is 17.0 Å². The molecule has 2 N–H and O–H groups in total. The second kappa shape index (κ2) is 4.19. The van der Waals surface area contributed by atoms with Crippen LogP contribution in [0, 0.1) is 3.95 Å². The van der Waals surface area contributed by atoms with E-state index in [1.807, 2.05) is 0 Å². The van der Waals surface area contributed by atoms with Gasteiger partial charge in [-0.2, -0.15) is 0 Å². The van der Waals surface area contributed by atoms with Crippen molar-refractivity contribution in [2.75, 3.05) is 11.9 Å². The minimum Gasteiger partial charge on any atom is -0.375 e. The summed E-state index contributed by atoms with van der Waals surface area (Å²) < 4.78 is 6.36. The first-order chi connectivity index (χ1) is 7.05. The maximum Gasteiger partial charge on any atom is 0.204 e. The van der Waals surface area contributed by atoms with Gasteiger partial charge in [-0.25, -0.2) is 0 Å². The molecule has 1 aromatic rings. The number of nitrogens with zero attached hydrogens (tertiary/aromatic N) is 1. The summed E-state index contributed by atoms with van der Waals surface area (Å²) in [7, 11) is 0. The summed E-state index contributed by atoms with van der Waals surface area (Å²) in [4.78, 5) is 0. The molecule has 15 heavy (non-hydrogen) atoms. The number of anilines is 1. The van der Waals surface area contributed by atoms with Gasteiger partial charge in [0.2, 0.25) is 5.13 Å². The minimum absolute atomic E-state index is 0.0340. The third kappa shape index (κ3) is 2.99. The van der Waals surface area contributed by atoms with Gasteiger partial charge in [-0.05, 0) is 38.9 Å². The second-order valence-corrected chi connectivity index (χ2v) is 6.03. The lowest BCUT2D eigenvalue weighted by atomic mass is 9.94. The highest BCUT2D eigenvalue weighted by Gasteiger charge is 2.29. The van der Waals surface area contributed by atoms with E-state index in [-0.39, 0.29) is 5.60 Å². The SMILES string of the molecule is CC1(C)CC(Nc2n[nH]c(=S)s2)CCO1. The van der Waals surface area contributed by atoms with Crippen LogP contribution in [0.4, 0.5) is 5.13 Å². The van der Waals surface area contributed by atoms with E-state index in [9.17, 15) is 0 Å². The molecule has 0 aliphatic carbocycles. The maximum absolute atomic E-state index is 5.65. The van der Waals surface area contributed by atoms with Crippen LogP contribution in [0.3, 0.4) is 0 Å². The van der Waals surface area contributed by atoms with Crippen LogP contribution >= 0.6 is 23.6 Å². The van der Waals surface area contributed by atoms with Gasteiger partial charge in [0, 0.05) is 12.6 Å². The van der Waals surface area contributed by atoms with Crippen molar-refractivity contribution in [2.24, 2.45) is 0 Å². The predicted octanol–water partition coefficient (Wildman–Crippen LogP) is 2.57. The molecule has 4 nitrogen and oxygen atoms in total. The number of rotatable bonds is 2. The average Bonchev–Trinajstić information content (AvgIpc) is 2.49. The molecule has 1 atom stereocenters. The molecule has 6 heteroatoms. The predicted molar refractivity (Wildman–Crippen MR) is 64.0 cm³/mol. The summed E-state index contributed by atoms with van der Waals surface area (Å²) >= 11 is 6.46. The molecule has 2 rings (SSSR count). The Hall–Kier alpha value is -0.460. The molecule has 1 saturated heterocycles. The summed E-state index contributed by atoms with van der Waals surface area (Å²) in [5, 5.41) is 11.1. The van der Waals surface area contributed by atoms with Crippen molar-refractivity contribution in [1.82, 2.24) is 10.2 Å².